The van der Waals surface area contributed by atoms with Crippen molar-refractivity contribution in [2.45, 2.75) is 6.92 Å². The lowest BCUT2D eigenvalue weighted by atomic mass is 10.1. The Morgan fingerprint density at radius 2 is 1.70 bits per heavy atom. The number of nitrogens with zero attached hydrogens (tertiary/aromatic N) is 2. The number of hydrogen-bond acceptors (Lipinski definition) is 3. The first kappa shape index (κ1) is 18.9. The molecule has 0 aromatic heterocycles. The Bertz CT molecular complexity index is 835. The molecule has 140 valence electrons. The summed E-state index contributed by atoms with van der Waals surface area (Å²) in [7, 11) is 2.06. The third-order valence-corrected chi connectivity index (χ3v) is 4.67. The number of hydrogen-bond donors (Lipinski definition) is 1. The van der Waals surface area contributed by atoms with Gasteiger partial charge in [0.2, 0.25) is 5.91 Å². The fraction of sp³-hybridized carbons (Fsp3) is 0.273. The van der Waals surface area contributed by atoms with Crippen LogP contribution in [0.1, 0.15) is 21.5 Å². The van der Waals surface area contributed by atoms with Crippen molar-refractivity contribution in [1.29, 1.82) is 0 Å². The number of nitrogens with one attached hydrogen (secondary N) is 1. The van der Waals surface area contributed by atoms with E-state index in [2.05, 4.69) is 17.3 Å². The molecule has 2 aromatic carbocycles. The topological polar surface area (TPSA) is 52.7 Å². The van der Waals surface area contributed by atoms with E-state index in [-0.39, 0.29) is 11.8 Å². The van der Waals surface area contributed by atoms with Crippen LogP contribution in [-0.2, 0) is 4.79 Å². The van der Waals surface area contributed by atoms with Crippen LogP contribution < -0.4 is 5.32 Å². The number of anilines is 1. The number of aryl methyl sites for hydroxylation is 1. The van der Waals surface area contributed by atoms with Crippen LogP contribution in [0.5, 0.6) is 0 Å². The molecule has 0 bridgehead atoms. The molecule has 1 heterocycles. The Labute approximate surface area is 160 Å². The van der Waals surface area contributed by atoms with E-state index in [9.17, 15) is 9.59 Å². The lowest BCUT2D eigenvalue weighted by Gasteiger charge is -2.32. The highest BCUT2D eigenvalue weighted by Crippen LogP contribution is 2.14. The molecule has 0 spiro atoms. The largest absolute Gasteiger partial charge is 0.336 e. The maximum atomic E-state index is 12.7. The van der Waals surface area contributed by atoms with Crippen molar-refractivity contribution in [3.05, 3.63) is 71.3 Å². The average molecular weight is 363 g/mol. The van der Waals surface area contributed by atoms with Gasteiger partial charge in [0.1, 0.15) is 0 Å². The second-order valence-corrected chi connectivity index (χ2v) is 6.91. The Morgan fingerprint density at radius 1 is 1.00 bits per heavy atom. The van der Waals surface area contributed by atoms with E-state index in [0.717, 1.165) is 31.7 Å². The highest BCUT2D eigenvalue weighted by atomic mass is 16.2. The monoisotopic (exact) mass is 363 g/mol. The molecule has 2 amide bonds. The molecule has 1 saturated heterocycles. The van der Waals surface area contributed by atoms with Gasteiger partial charge in [-0.25, -0.2) is 0 Å². The first-order valence-corrected chi connectivity index (χ1v) is 9.15. The van der Waals surface area contributed by atoms with Gasteiger partial charge in [-0.3, -0.25) is 9.59 Å². The molecule has 0 unspecified atom stereocenters. The molecule has 0 saturated carbocycles. The number of piperazine rings is 1. The summed E-state index contributed by atoms with van der Waals surface area (Å²) in [6, 6.07) is 15.1. The first-order valence-electron chi connectivity index (χ1n) is 9.15. The summed E-state index contributed by atoms with van der Waals surface area (Å²) in [4.78, 5) is 28.9. The molecule has 1 N–H and O–H groups in total. The minimum absolute atomic E-state index is 0.00870. The van der Waals surface area contributed by atoms with E-state index in [1.54, 1.807) is 30.3 Å². The van der Waals surface area contributed by atoms with E-state index < -0.39 is 0 Å². The molecule has 3 rings (SSSR count). The number of rotatable bonds is 4. The molecule has 0 atom stereocenters. The molecule has 1 aliphatic heterocycles. The van der Waals surface area contributed by atoms with Gasteiger partial charge in [-0.2, -0.15) is 0 Å². The molecule has 1 aliphatic rings. The second kappa shape index (κ2) is 8.64. The van der Waals surface area contributed by atoms with Crippen LogP contribution in [-0.4, -0.2) is 54.8 Å². The Balaban J connectivity index is 1.62. The van der Waals surface area contributed by atoms with Crippen molar-refractivity contribution in [2.24, 2.45) is 0 Å². The van der Waals surface area contributed by atoms with E-state index in [0.29, 0.717) is 11.3 Å². The third kappa shape index (κ3) is 5.28. The summed E-state index contributed by atoms with van der Waals surface area (Å²) in [5, 5.41) is 2.82. The van der Waals surface area contributed by atoms with Gasteiger partial charge >= 0.3 is 0 Å². The summed E-state index contributed by atoms with van der Waals surface area (Å²) in [6.07, 6.45) is 3.27. The normalized spacial score (nSPS) is 15.1. The Hall–Kier alpha value is -2.92. The SMILES string of the molecule is Cc1ccc(/C=C/C(=O)Nc2cccc(C(=O)N3CCN(C)CC3)c2)cc1. The molecule has 0 aliphatic carbocycles. The van der Waals surface area contributed by atoms with Crippen molar-refractivity contribution < 1.29 is 9.59 Å². The predicted molar refractivity (Wildman–Crippen MR) is 109 cm³/mol. The predicted octanol–water partition coefficient (Wildman–Crippen LogP) is 3.03. The molecule has 1 fully saturated rings. The Kier molecular flexibility index (Phi) is 6.04. The van der Waals surface area contributed by atoms with Crippen molar-refractivity contribution in [3.8, 4) is 0 Å². The number of amides is 2. The maximum Gasteiger partial charge on any atom is 0.254 e. The van der Waals surface area contributed by atoms with Crippen LogP contribution in [0.25, 0.3) is 6.08 Å². The molecule has 0 radical (unpaired) electrons. The number of carbonyl (C=O) groups is 2. The summed E-state index contributed by atoms with van der Waals surface area (Å²) in [6.45, 7) is 5.24. The highest BCUT2D eigenvalue weighted by Gasteiger charge is 2.20. The zero-order valence-electron chi connectivity index (χ0n) is 15.8. The van der Waals surface area contributed by atoms with E-state index in [1.165, 1.54) is 11.6 Å². The van der Waals surface area contributed by atoms with Gasteiger partial charge in [0.25, 0.3) is 5.91 Å². The van der Waals surface area contributed by atoms with Gasteiger partial charge in [0.05, 0.1) is 0 Å². The number of benzene rings is 2. The number of likely N-dealkylation sites (N-methyl/N-ethyl adjacent to an activating group) is 1. The molecular formula is C22H25N3O2. The first-order chi connectivity index (χ1) is 13.0. The zero-order chi connectivity index (χ0) is 19.2. The van der Waals surface area contributed by atoms with Crippen molar-refractivity contribution in [1.82, 2.24) is 9.80 Å². The van der Waals surface area contributed by atoms with Crippen LogP contribution in [0, 0.1) is 6.92 Å². The molecule has 5 nitrogen and oxygen atoms in total. The second-order valence-electron chi connectivity index (χ2n) is 6.91. The molecule has 27 heavy (non-hydrogen) atoms. The lowest BCUT2D eigenvalue weighted by molar-refractivity contribution is -0.111. The molecule has 5 heteroatoms. The van der Waals surface area contributed by atoms with Gasteiger partial charge in [-0.05, 0) is 43.8 Å². The van der Waals surface area contributed by atoms with Crippen molar-refractivity contribution >= 4 is 23.6 Å². The smallest absolute Gasteiger partial charge is 0.254 e. The number of carbonyl (C=O) groups excluding carboxylic acids is 2. The quantitative estimate of drug-likeness (QED) is 0.850. The summed E-state index contributed by atoms with van der Waals surface area (Å²) in [5.74, 6) is -0.214. The summed E-state index contributed by atoms with van der Waals surface area (Å²) >= 11 is 0. The van der Waals surface area contributed by atoms with Crippen molar-refractivity contribution in [2.75, 3.05) is 38.5 Å². The minimum atomic E-state index is -0.222. The third-order valence-electron chi connectivity index (χ3n) is 4.67. The molecular weight excluding hydrogens is 338 g/mol. The van der Waals surface area contributed by atoms with Crippen LogP contribution in [0.4, 0.5) is 5.69 Å². The van der Waals surface area contributed by atoms with Crippen LogP contribution in [0.15, 0.2) is 54.6 Å². The van der Waals surface area contributed by atoms with Crippen LogP contribution in [0.3, 0.4) is 0 Å². The van der Waals surface area contributed by atoms with E-state index in [4.69, 9.17) is 0 Å². The van der Waals surface area contributed by atoms with Crippen LogP contribution >= 0.6 is 0 Å². The van der Waals surface area contributed by atoms with Crippen molar-refractivity contribution in [3.63, 3.8) is 0 Å². The molecule has 2 aromatic rings. The zero-order valence-corrected chi connectivity index (χ0v) is 15.8. The average Bonchev–Trinajstić information content (AvgIpc) is 2.68. The fourth-order valence-electron chi connectivity index (χ4n) is 2.96. The Morgan fingerprint density at radius 3 is 2.41 bits per heavy atom. The maximum absolute atomic E-state index is 12.7. The lowest BCUT2D eigenvalue weighted by Crippen LogP contribution is -2.47. The van der Waals surface area contributed by atoms with Gasteiger partial charge in [0.15, 0.2) is 0 Å². The standard InChI is InChI=1S/C22H25N3O2/c1-17-6-8-18(9-7-17)10-11-21(26)23-20-5-3-4-19(16-20)22(27)25-14-12-24(2)13-15-25/h3-11,16H,12-15H2,1-2H3,(H,23,26)/b11-10+. The highest BCUT2D eigenvalue weighted by molar-refractivity contribution is 6.03. The van der Waals surface area contributed by atoms with Gasteiger partial charge in [0, 0.05) is 43.5 Å². The van der Waals surface area contributed by atoms with Gasteiger partial charge < -0.3 is 15.1 Å². The van der Waals surface area contributed by atoms with Gasteiger partial charge in [-0.1, -0.05) is 35.9 Å². The van der Waals surface area contributed by atoms with Crippen LogP contribution in [0.2, 0.25) is 0 Å². The minimum Gasteiger partial charge on any atom is -0.336 e. The van der Waals surface area contributed by atoms with E-state index in [1.807, 2.05) is 36.1 Å². The van der Waals surface area contributed by atoms with E-state index >= 15 is 0 Å². The fourth-order valence-corrected chi connectivity index (χ4v) is 2.96. The van der Waals surface area contributed by atoms with Gasteiger partial charge in [-0.15, -0.1) is 0 Å². The summed E-state index contributed by atoms with van der Waals surface area (Å²) < 4.78 is 0. The summed E-state index contributed by atoms with van der Waals surface area (Å²) in [5.41, 5.74) is 3.36.